The molecule has 1 aromatic carbocycles. The number of methoxy groups -OCH3 is 1. The number of benzene rings is 1. The lowest BCUT2D eigenvalue weighted by molar-refractivity contribution is -0.122. The number of hydrogen-bond donors (Lipinski definition) is 2. The van der Waals surface area contributed by atoms with Crippen molar-refractivity contribution in [1.82, 2.24) is 5.32 Å². The molecule has 19 heavy (non-hydrogen) atoms. The average Bonchev–Trinajstić information content (AvgIpc) is 2.43. The van der Waals surface area contributed by atoms with Gasteiger partial charge in [0.05, 0.1) is 6.61 Å². The van der Waals surface area contributed by atoms with Crippen LogP contribution < -0.4 is 15.4 Å². The Morgan fingerprint density at radius 3 is 2.89 bits per heavy atom. The van der Waals surface area contributed by atoms with Gasteiger partial charge in [0.15, 0.2) is 6.61 Å². The minimum absolute atomic E-state index is 0.0278. The molecule has 0 spiro atoms. The van der Waals surface area contributed by atoms with Crippen LogP contribution in [0.15, 0.2) is 24.3 Å². The van der Waals surface area contributed by atoms with Gasteiger partial charge in [0, 0.05) is 32.5 Å². The molecule has 5 heteroatoms. The number of likely N-dealkylation sites (N-methyl/N-ethyl adjacent to an activating group) is 1. The second-order valence-electron chi connectivity index (χ2n) is 4.43. The van der Waals surface area contributed by atoms with E-state index in [0.29, 0.717) is 11.7 Å². The zero-order chi connectivity index (χ0) is 14.1. The molecule has 2 N–H and O–H groups in total. The summed E-state index contributed by atoms with van der Waals surface area (Å²) in [5.74, 6) is 0.959. The number of rotatable bonds is 8. The van der Waals surface area contributed by atoms with Crippen molar-refractivity contribution in [2.45, 2.75) is 6.92 Å². The molecular weight excluding hydrogens is 244 g/mol. The van der Waals surface area contributed by atoms with Crippen LogP contribution in [-0.2, 0) is 9.53 Å². The maximum Gasteiger partial charge on any atom is 0.257 e. The highest BCUT2D eigenvalue weighted by atomic mass is 16.5. The van der Waals surface area contributed by atoms with Crippen LogP contribution >= 0.6 is 0 Å². The Hall–Kier alpha value is -1.75. The predicted molar refractivity (Wildman–Crippen MR) is 75.5 cm³/mol. The molecular formula is C14H22N2O3. The molecule has 1 rings (SSSR count). The summed E-state index contributed by atoms with van der Waals surface area (Å²) in [6, 6.07) is 7.56. The van der Waals surface area contributed by atoms with Crippen LogP contribution in [0.4, 0.5) is 5.69 Å². The largest absolute Gasteiger partial charge is 0.484 e. The van der Waals surface area contributed by atoms with Crippen LogP contribution in [0.5, 0.6) is 5.75 Å². The molecule has 0 aromatic heterocycles. The molecule has 0 aliphatic carbocycles. The Bertz CT molecular complexity index is 396. The quantitative estimate of drug-likeness (QED) is 0.748. The highest BCUT2D eigenvalue weighted by Gasteiger charge is 2.03. The van der Waals surface area contributed by atoms with E-state index in [4.69, 9.17) is 9.47 Å². The van der Waals surface area contributed by atoms with E-state index in [1.54, 1.807) is 14.2 Å². The zero-order valence-electron chi connectivity index (χ0n) is 11.7. The third kappa shape index (κ3) is 6.10. The topological polar surface area (TPSA) is 59.6 Å². The van der Waals surface area contributed by atoms with Crippen molar-refractivity contribution >= 4 is 11.6 Å². The fourth-order valence-corrected chi connectivity index (χ4v) is 1.55. The summed E-state index contributed by atoms with van der Waals surface area (Å²) >= 11 is 0. The summed E-state index contributed by atoms with van der Waals surface area (Å²) in [5, 5.41) is 5.82. The summed E-state index contributed by atoms with van der Waals surface area (Å²) in [5.41, 5.74) is 0.970. The Morgan fingerprint density at radius 1 is 1.42 bits per heavy atom. The lowest BCUT2D eigenvalue weighted by Crippen LogP contribution is -2.24. The van der Waals surface area contributed by atoms with Gasteiger partial charge in [0.2, 0.25) is 0 Å². The first-order valence-electron chi connectivity index (χ1n) is 6.32. The third-order valence-electron chi connectivity index (χ3n) is 2.59. The molecule has 1 atom stereocenters. The van der Waals surface area contributed by atoms with Crippen LogP contribution in [-0.4, -0.2) is 39.8 Å². The molecule has 106 valence electrons. The number of anilines is 1. The van der Waals surface area contributed by atoms with Gasteiger partial charge < -0.3 is 20.1 Å². The molecule has 0 aliphatic rings. The maximum atomic E-state index is 11.1. The van der Waals surface area contributed by atoms with E-state index in [9.17, 15) is 4.79 Å². The fourth-order valence-electron chi connectivity index (χ4n) is 1.55. The second-order valence-corrected chi connectivity index (χ2v) is 4.43. The molecule has 1 aromatic rings. The van der Waals surface area contributed by atoms with Crippen LogP contribution in [0.25, 0.3) is 0 Å². The highest BCUT2D eigenvalue weighted by molar-refractivity contribution is 5.77. The van der Waals surface area contributed by atoms with E-state index in [1.807, 2.05) is 24.3 Å². The van der Waals surface area contributed by atoms with Gasteiger partial charge in [0.1, 0.15) is 5.75 Å². The van der Waals surface area contributed by atoms with E-state index < -0.39 is 0 Å². The van der Waals surface area contributed by atoms with E-state index in [0.717, 1.165) is 18.8 Å². The van der Waals surface area contributed by atoms with Crippen LogP contribution in [0, 0.1) is 5.92 Å². The van der Waals surface area contributed by atoms with Crippen molar-refractivity contribution < 1.29 is 14.3 Å². The van der Waals surface area contributed by atoms with Gasteiger partial charge in [-0.1, -0.05) is 13.0 Å². The Balaban J connectivity index is 2.45. The Morgan fingerprint density at radius 2 is 2.21 bits per heavy atom. The van der Waals surface area contributed by atoms with Crippen molar-refractivity contribution in [1.29, 1.82) is 0 Å². The van der Waals surface area contributed by atoms with Crippen molar-refractivity contribution in [3.63, 3.8) is 0 Å². The molecule has 0 bridgehead atoms. The first-order chi connectivity index (χ1) is 9.15. The molecule has 0 radical (unpaired) electrons. The van der Waals surface area contributed by atoms with Crippen LogP contribution in [0.1, 0.15) is 6.92 Å². The molecule has 0 aliphatic heterocycles. The van der Waals surface area contributed by atoms with Crippen LogP contribution in [0.2, 0.25) is 0 Å². The lowest BCUT2D eigenvalue weighted by atomic mass is 10.2. The summed E-state index contributed by atoms with van der Waals surface area (Å²) in [6.45, 7) is 3.69. The monoisotopic (exact) mass is 266 g/mol. The minimum atomic E-state index is -0.146. The summed E-state index contributed by atoms with van der Waals surface area (Å²) in [7, 11) is 3.28. The molecule has 0 heterocycles. The van der Waals surface area contributed by atoms with E-state index in [1.165, 1.54) is 0 Å². The van der Waals surface area contributed by atoms with Gasteiger partial charge in [-0.3, -0.25) is 4.79 Å². The van der Waals surface area contributed by atoms with Gasteiger partial charge >= 0.3 is 0 Å². The fraction of sp³-hybridized carbons (Fsp3) is 0.500. The summed E-state index contributed by atoms with van der Waals surface area (Å²) in [6.07, 6.45) is 0. The van der Waals surface area contributed by atoms with E-state index >= 15 is 0 Å². The van der Waals surface area contributed by atoms with E-state index in [-0.39, 0.29) is 12.5 Å². The number of hydrogen-bond acceptors (Lipinski definition) is 4. The molecule has 0 fully saturated rings. The van der Waals surface area contributed by atoms with Crippen molar-refractivity contribution in [3.8, 4) is 5.75 Å². The first kappa shape index (κ1) is 15.3. The Labute approximate surface area is 114 Å². The lowest BCUT2D eigenvalue weighted by Gasteiger charge is -2.13. The maximum absolute atomic E-state index is 11.1. The molecule has 1 amide bonds. The smallest absolute Gasteiger partial charge is 0.257 e. The van der Waals surface area contributed by atoms with Gasteiger partial charge in [-0.2, -0.15) is 0 Å². The number of nitrogens with one attached hydrogen (secondary N) is 2. The minimum Gasteiger partial charge on any atom is -0.484 e. The first-order valence-corrected chi connectivity index (χ1v) is 6.32. The van der Waals surface area contributed by atoms with Gasteiger partial charge in [-0.05, 0) is 18.1 Å². The zero-order valence-corrected chi connectivity index (χ0v) is 11.7. The van der Waals surface area contributed by atoms with Gasteiger partial charge in [-0.25, -0.2) is 0 Å². The highest BCUT2D eigenvalue weighted by Crippen LogP contribution is 2.17. The standard InChI is InChI=1S/C14H22N2O3/c1-11(9-18-3)8-16-12-5-4-6-13(7-12)19-10-14(17)15-2/h4-7,11,16H,8-10H2,1-3H3,(H,15,17). The number of ether oxygens (including phenoxy) is 2. The average molecular weight is 266 g/mol. The molecule has 5 nitrogen and oxygen atoms in total. The SMILES string of the molecule is CNC(=O)COc1cccc(NCC(C)COC)c1. The normalized spacial score (nSPS) is 11.7. The van der Waals surface area contributed by atoms with Crippen LogP contribution in [0.3, 0.4) is 0 Å². The second kappa shape index (κ2) is 8.37. The Kier molecular flexibility index (Phi) is 6.74. The van der Waals surface area contributed by atoms with E-state index in [2.05, 4.69) is 17.6 Å². The van der Waals surface area contributed by atoms with Crippen molar-refractivity contribution in [2.75, 3.05) is 39.2 Å². The number of carbonyl (C=O) groups is 1. The molecule has 0 saturated carbocycles. The summed E-state index contributed by atoms with van der Waals surface area (Å²) < 4.78 is 10.5. The molecule has 1 unspecified atom stereocenters. The number of amides is 1. The predicted octanol–water partition coefficient (Wildman–Crippen LogP) is 1.51. The third-order valence-corrected chi connectivity index (χ3v) is 2.59. The van der Waals surface area contributed by atoms with Crippen molar-refractivity contribution in [3.05, 3.63) is 24.3 Å². The van der Waals surface area contributed by atoms with Gasteiger partial charge in [-0.15, -0.1) is 0 Å². The summed E-state index contributed by atoms with van der Waals surface area (Å²) in [4.78, 5) is 11.1. The van der Waals surface area contributed by atoms with Gasteiger partial charge in [0.25, 0.3) is 5.91 Å². The van der Waals surface area contributed by atoms with Crippen molar-refractivity contribution in [2.24, 2.45) is 5.92 Å². The number of carbonyl (C=O) groups excluding carboxylic acids is 1. The molecule has 0 saturated heterocycles.